The van der Waals surface area contributed by atoms with Crippen molar-refractivity contribution in [2.45, 2.75) is 30.5 Å². The molecule has 0 bridgehead atoms. The van der Waals surface area contributed by atoms with Gasteiger partial charge in [-0.3, -0.25) is 0 Å². The van der Waals surface area contributed by atoms with Gasteiger partial charge in [-0.25, -0.2) is 4.39 Å². The van der Waals surface area contributed by atoms with Crippen LogP contribution in [0, 0.1) is 5.82 Å². The van der Waals surface area contributed by atoms with Gasteiger partial charge in [-0.05, 0) is 35.7 Å². The molecule has 0 N–H and O–H groups in total. The Morgan fingerprint density at radius 1 is 1.24 bits per heavy atom. The van der Waals surface area contributed by atoms with Crippen LogP contribution in [0.2, 0.25) is 0 Å². The van der Waals surface area contributed by atoms with Crippen molar-refractivity contribution in [1.29, 1.82) is 0 Å². The third-order valence-corrected chi connectivity index (χ3v) is 4.84. The van der Waals surface area contributed by atoms with Gasteiger partial charge < -0.3 is 4.74 Å². The molecule has 1 nitrogen and oxygen atoms in total. The highest BCUT2D eigenvalue weighted by molar-refractivity contribution is 9.09. The lowest BCUT2D eigenvalue weighted by Gasteiger charge is -2.17. The molecule has 1 aliphatic heterocycles. The Bertz CT molecular complexity index is 666. The number of ether oxygens (including phenoxy) is 1. The van der Waals surface area contributed by atoms with Gasteiger partial charge >= 0.3 is 0 Å². The van der Waals surface area contributed by atoms with Crippen LogP contribution >= 0.6 is 15.9 Å². The minimum absolute atomic E-state index is 0.0525. The van der Waals surface area contributed by atoms with E-state index in [2.05, 4.69) is 41.9 Å². The molecule has 2 aromatic rings. The topological polar surface area (TPSA) is 9.23 Å². The predicted octanol–water partition coefficient (Wildman–Crippen LogP) is 5.17. The van der Waals surface area contributed by atoms with Gasteiger partial charge in [0.1, 0.15) is 11.6 Å². The van der Waals surface area contributed by atoms with Crippen molar-refractivity contribution < 1.29 is 9.13 Å². The second-order valence-corrected chi connectivity index (χ2v) is 7.34. The van der Waals surface area contributed by atoms with Gasteiger partial charge in [0.25, 0.3) is 0 Å². The second-order valence-electron chi connectivity index (χ2n) is 6.23. The number of fused-ring (bicyclic) bond motifs is 1. The number of hydrogen-bond acceptors (Lipinski definition) is 1. The minimum atomic E-state index is -0.185. The molecule has 0 saturated heterocycles. The highest BCUT2D eigenvalue weighted by Crippen LogP contribution is 2.41. The maximum absolute atomic E-state index is 13.3. The van der Waals surface area contributed by atoms with E-state index < -0.39 is 0 Å². The van der Waals surface area contributed by atoms with E-state index in [0.29, 0.717) is 0 Å². The van der Waals surface area contributed by atoms with Crippen LogP contribution in [0.4, 0.5) is 4.39 Å². The fraction of sp³-hybridized carbons (Fsp3) is 0.333. The van der Waals surface area contributed by atoms with E-state index in [-0.39, 0.29) is 16.1 Å². The van der Waals surface area contributed by atoms with Crippen LogP contribution in [0.1, 0.15) is 35.4 Å². The van der Waals surface area contributed by atoms with Gasteiger partial charge in [0.2, 0.25) is 0 Å². The molecular weight excluding hydrogens is 331 g/mol. The van der Waals surface area contributed by atoms with Crippen molar-refractivity contribution in [3.8, 4) is 5.75 Å². The van der Waals surface area contributed by atoms with E-state index >= 15 is 0 Å². The summed E-state index contributed by atoms with van der Waals surface area (Å²) in [5.41, 5.74) is 3.50. The van der Waals surface area contributed by atoms with Crippen LogP contribution in [0.25, 0.3) is 0 Å². The van der Waals surface area contributed by atoms with E-state index in [0.717, 1.165) is 24.3 Å². The summed E-state index contributed by atoms with van der Waals surface area (Å²) in [6.45, 7) is 5.11. The lowest BCUT2D eigenvalue weighted by Crippen LogP contribution is -2.18. The number of halogens is 2. The average molecular weight is 349 g/mol. The number of hydrogen-bond donors (Lipinski definition) is 0. The summed E-state index contributed by atoms with van der Waals surface area (Å²) in [6, 6.07) is 13.1. The van der Waals surface area contributed by atoms with E-state index in [4.69, 9.17) is 4.74 Å². The zero-order valence-electron chi connectivity index (χ0n) is 12.2. The maximum atomic E-state index is 13.3. The number of alkyl halides is 1. The molecule has 110 valence electrons. The van der Waals surface area contributed by atoms with E-state index in [1.54, 1.807) is 12.1 Å². The molecule has 3 heteroatoms. The molecule has 1 aliphatic rings. The lowest BCUT2D eigenvalue weighted by atomic mass is 9.85. The molecule has 21 heavy (non-hydrogen) atoms. The van der Waals surface area contributed by atoms with Crippen molar-refractivity contribution in [2.75, 3.05) is 6.61 Å². The Hall–Kier alpha value is -1.35. The summed E-state index contributed by atoms with van der Waals surface area (Å²) in [4.78, 5) is 0.168. The highest BCUT2D eigenvalue weighted by Gasteiger charge is 2.32. The summed E-state index contributed by atoms with van der Waals surface area (Å²) < 4.78 is 19.0. The van der Waals surface area contributed by atoms with Crippen LogP contribution < -0.4 is 4.74 Å². The highest BCUT2D eigenvalue weighted by atomic mass is 79.9. The summed E-state index contributed by atoms with van der Waals surface area (Å²) in [7, 11) is 0. The quantitative estimate of drug-likeness (QED) is 0.695. The molecule has 0 saturated carbocycles. The van der Waals surface area contributed by atoms with Crippen LogP contribution in [-0.2, 0) is 11.8 Å². The summed E-state index contributed by atoms with van der Waals surface area (Å²) in [6.07, 6.45) is 0.762. The molecular formula is C18H18BrFO. The molecule has 0 aliphatic carbocycles. The van der Waals surface area contributed by atoms with Crippen LogP contribution in [-0.4, -0.2) is 6.61 Å². The Morgan fingerprint density at radius 3 is 2.81 bits per heavy atom. The fourth-order valence-electron chi connectivity index (χ4n) is 2.72. The largest absolute Gasteiger partial charge is 0.492 e. The minimum Gasteiger partial charge on any atom is -0.492 e. The zero-order chi connectivity index (χ0) is 15.0. The van der Waals surface area contributed by atoms with Crippen molar-refractivity contribution in [3.63, 3.8) is 0 Å². The lowest BCUT2D eigenvalue weighted by molar-refractivity contribution is 0.291. The molecule has 0 fully saturated rings. The maximum Gasteiger partial charge on any atom is 0.123 e. The predicted molar refractivity (Wildman–Crippen MR) is 86.7 cm³/mol. The summed E-state index contributed by atoms with van der Waals surface area (Å²) >= 11 is 3.73. The van der Waals surface area contributed by atoms with E-state index in [1.807, 2.05) is 12.1 Å². The van der Waals surface area contributed by atoms with Gasteiger partial charge in [-0.15, -0.1) is 0 Å². The van der Waals surface area contributed by atoms with Crippen LogP contribution in [0.5, 0.6) is 5.75 Å². The van der Waals surface area contributed by atoms with Crippen molar-refractivity contribution >= 4 is 15.9 Å². The number of benzene rings is 2. The Balaban J connectivity index is 1.84. The van der Waals surface area contributed by atoms with Gasteiger partial charge in [0.15, 0.2) is 0 Å². The first-order valence-corrected chi connectivity index (χ1v) is 8.03. The summed E-state index contributed by atoms with van der Waals surface area (Å²) in [5.74, 6) is 0.796. The van der Waals surface area contributed by atoms with Crippen molar-refractivity contribution in [3.05, 3.63) is 65.0 Å². The van der Waals surface area contributed by atoms with Gasteiger partial charge in [0, 0.05) is 15.8 Å². The number of rotatable bonds is 3. The molecule has 1 unspecified atom stereocenters. The Morgan fingerprint density at radius 2 is 2.05 bits per heavy atom. The first-order chi connectivity index (χ1) is 9.95. The molecule has 1 atom stereocenters. The van der Waals surface area contributed by atoms with Gasteiger partial charge in [-0.2, -0.15) is 0 Å². The molecule has 3 rings (SSSR count). The Kier molecular flexibility index (Phi) is 3.78. The monoisotopic (exact) mass is 348 g/mol. The SMILES string of the molecule is CC1(C)COc2ccc(C(Br)Cc3cccc(F)c3)cc21. The molecule has 2 aromatic carbocycles. The van der Waals surface area contributed by atoms with Crippen LogP contribution in [0.3, 0.4) is 0 Å². The van der Waals surface area contributed by atoms with Crippen LogP contribution in [0.15, 0.2) is 42.5 Å². The molecule has 0 aromatic heterocycles. The standard InChI is InChI=1S/C18H18BrFO/c1-18(2)11-21-17-7-6-13(10-15(17)18)16(19)9-12-4-3-5-14(20)8-12/h3-8,10,16H,9,11H2,1-2H3. The van der Waals surface area contributed by atoms with Gasteiger partial charge in [0.05, 0.1) is 6.61 Å². The third-order valence-electron chi connectivity index (χ3n) is 3.99. The smallest absolute Gasteiger partial charge is 0.123 e. The average Bonchev–Trinajstić information content (AvgIpc) is 2.74. The second kappa shape index (κ2) is 5.45. The fourth-order valence-corrected chi connectivity index (χ4v) is 3.38. The third kappa shape index (κ3) is 2.98. The first kappa shape index (κ1) is 14.6. The first-order valence-electron chi connectivity index (χ1n) is 7.11. The Labute approximate surface area is 133 Å². The van der Waals surface area contributed by atoms with Crippen molar-refractivity contribution in [2.24, 2.45) is 0 Å². The van der Waals surface area contributed by atoms with Gasteiger partial charge in [-0.1, -0.05) is 54.0 Å². The molecule has 1 heterocycles. The van der Waals surface area contributed by atoms with E-state index in [1.165, 1.54) is 17.2 Å². The molecule has 0 radical (unpaired) electrons. The molecule has 0 amide bonds. The normalized spacial score (nSPS) is 17.1. The van der Waals surface area contributed by atoms with E-state index in [9.17, 15) is 4.39 Å². The summed E-state index contributed by atoms with van der Waals surface area (Å²) in [5, 5.41) is 0. The van der Waals surface area contributed by atoms with Crippen molar-refractivity contribution in [1.82, 2.24) is 0 Å². The zero-order valence-corrected chi connectivity index (χ0v) is 13.8. The molecule has 0 spiro atoms.